The van der Waals surface area contributed by atoms with Crippen LogP contribution in [0.4, 0.5) is 4.79 Å². The van der Waals surface area contributed by atoms with E-state index < -0.39 is 29.8 Å². The Labute approximate surface area is 120 Å². The zero-order valence-electron chi connectivity index (χ0n) is 12.7. The number of allylic oxidation sites excluding steroid dienone is 1. The summed E-state index contributed by atoms with van der Waals surface area (Å²) in [6.45, 7) is 9.93. The van der Waals surface area contributed by atoms with Crippen LogP contribution in [0.3, 0.4) is 0 Å². The van der Waals surface area contributed by atoms with E-state index in [4.69, 9.17) is 9.47 Å². The van der Waals surface area contributed by atoms with E-state index in [0.717, 1.165) is 0 Å². The van der Waals surface area contributed by atoms with E-state index in [0.29, 0.717) is 6.42 Å². The number of rotatable bonds is 7. The number of esters is 1. The molecule has 0 fully saturated rings. The smallest absolute Gasteiger partial charge is 0.408 e. The van der Waals surface area contributed by atoms with Gasteiger partial charge in [-0.25, -0.2) is 9.59 Å². The molecule has 0 aliphatic heterocycles. The lowest BCUT2D eigenvalue weighted by atomic mass is 9.94. The second kappa shape index (κ2) is 7.89. The Hall–Kier alpha value is -1.56. The molecule has 0 spiro atoms. The third-order valence-electron chi connectivity index (χ3n) is 2.45. The molecule has 6 nitrogen and oxygen atoms in total. The molecule has 1 atom stereocenters. The third kappa shape index (κ3) is 6.06. The van der Waals surface area contributed by atoms with Gasteiger partial charge in [-0.15, -0.1) is 6.58 Å². The highest BCUT2D eigenvalue weighted by molar-refractivity contribution is 5.86. The molecular formula is C14H25NO5. The van der Waals surface area contributed by atoms with E-state index in [9.17, 15) is 14.7 Å². The van der Waals surface area contributed by atoms with Crippen LogP contribution in [0.25, 0.3) is 0 Å². The van der Waals surface area contributed by atoms with Crippen molar-refractivity contribution in [1.29, 1.82) is 0 Å². The molecular weight excluding hydrogens is 262 g/mol. The number of amides is 1. The van der Waals surface area contributed by atoms with Crippen molar-refractivity contribution in [3.8, 4) is 0 Å². The quantitative estimate of drug-likeness (QED) is 0.550. The van der Waals surface area contributed by atoms with Crippen molar-refractivity contribution in [2.45, 2.75) is 51.7 Å². The molecule has 0 aliphatic rings. The Balaban J connectivity index is 5.04. The van der Waals surface area contributed by atoms with E-state index in [1.807, 2.05) is 0 Å². The number of nitrogens with one attached hydrogen (secondary N) is 1. The number of alkyl carbamates (subject to hydrolysis) is 1. The SMILES string of the molecule is C=CCCC(CO)(NC(=O)OC(C)(C)C)C(=O)OCC. The predicted molar refractivity (Wildman–Crippen MR) is 75.3 cm³/mol. The van der Waals surface area contributed by atoms with Gasteiger partial charge in [-0.3, -0.25) is 0 Å². The second-order valence-electron chi connectivity index (χ2n) is 5.41. The van der Waals surface area contributed by atoms with Crippen LogP contribution in [0.5, 0.6) is 0 Å². The van der Waals surface area contributed by atoms with Crippen molar-refractivity contribution in [1.82, 2.24) is 5.32 Å². The topological polar surface area (TPSA) is 84.9 Å². The molecule has 1 unspecified atom stereocenters. The molecule has 0 bridgehead atoms. The molecule has 20 heavy (non-hydrogen) atoms. The molecule has 0 aliphatic carbocycles. The Bertz CT molecular complexity index is 348. The van der Waals surface area contributed by atoms with Crippen molar-refractivity contribution in [2.75, 3.05) is 13.2 Å². The largest absolute Gasteiger partial charge is 0.464 e. The minimum Gasteiger partial charge on any atom is -0.464 e. The lowest BCUT2D eigenvalue weighted by Crippen LogP contribution is -2.58. The van der Waals surface area contributed by atoms with E-state index in [-0.39, 0.29) is 13.0 Å². The number of carbonyl (C=O) groups excluding carboxylic acids is 2. The molecule has 0 aromatic carbocycles. The van der Waals surface area contributed by atoms with Crippen molar-refractivity contribution in [3.05, 3.63) is 12.7 Å². The highest BCUT2D eigenvalue weighted by Crippen LogP contribution is 2.17. The number of ether oxygens (including phenoxy) is 2. The molecule has 116 valence electrons. The maximum atomic E-state index is 12.0. The molecule has 0 saturated heterocycles. The summed E-state index contributed by atoms with van der Waals surface area (Å²) in [5.74, 6) is -0.685. The molecule has 0 aromatic heterocycles. The van der Waals surface area contributed by atoms with Crippen LogP contribution in [0, 0.1) is 0 Å². The second-order valence-corrected chi connectivity index (χ2v) is 5.41. The zero-order valence-corrected chi connectivity index (χ0v) is 12.7. The number of aliphatic hydroxyl groups is 1. The predicted octanol–water partition coefficient (Wildman–Crippen LogP) is 1.77. The standard InChI is InChI=1S/C14H25NO5/c1-6-8-9-14(10-16,11(17)19-7-2)15-12(18)20-13(3,4)5/h6,16H,1,7-10H2,2-5H3,(H,15,18). The van der Waals surface area contributed by atoms with Gasteiger partial charge in [0, 0.05) is 0 Å². The fourth-order valence-corrected chi connectivity index (χ4v) is 1.52. The Morgan fingerprint density at radius 3 is 2.35 bits per heavy atom. The first-order valence-electron chi connectivity index (χ1n) is 6.61. The Kier molecular flexibility index (Phi) is 7.28. The van der Waals surface area contributed by atoms with Gasteiger partial charge in [-0.1, -0.05) is 6.08 Å². The van der Waals surface area contributed by atoms with Crippen LogP contribution >= 0.6 is 0 Å². The molecule has 0 rings (SSSR count). The average Bonchev–Trinajstić information content (AvgIpc) is 2.32. The molecule has 2 N–H and O–H groups in total. The maximum absolute atomic E-state index is 12.0. The fourth-order valence-electron chi connectivity index (χ4n) is 1.52. The van der Waals surface area contributed by atoms with E-state index in [1.54, 1.807) is 33.8 Å². The number of hydrogen-bond donors (Lipinski definition) is 2. The number of carbonyl (C=O) groups is 2. The summed E-state index contributed by atoms with van der Waals surface area (Å²) in [6, 6.07) is 0. The lowest BCUT2D eigenvalue weighted by molar-refractivity contribution is -0.153. The fraction of sp³-hybridized carbons (Fsp3) is 0.714. The highest BCUT2D eigenvalue weighted by atomic mass is 16.6. The molecule has 0 radical (unpaired) electrons. The average molecular weight is 287 g/mol. The van der Waals surface area contributed by atoms with Crippen LogP contribution in [0.15, 0.2) is 12.7 Å². The monoisotopic (exact) mass is 287 g/mol. The van der Waals surface area contributed by atoms with Gasteiger partial charge >= 0.3 is 12.1 Å². The molecule has 0 aromatic rings. The highest BCUT2D eigenvalue weighted by Gasteiger charge is 2.41. The molecule has 0 heterocycles. The van der Waals surface area contributed by atoms with Gasteiger partial charge < -0.3 is 19.9 Å². The van der Waals surface area contributed by atoms with E-state index in [1.165, 1.54) is 0 Å². The van der Waals surface area contributed by atoms with Crippen LogP contribution in [-0.4, -0.2) is 41.5 Å². The summed E-state index contributed by atoms with van der Waals surface area (Å²) in [5.41, 5.74) is -2.20. The maximum Gasteiger partial charge on any atom is 0.408 e. The van der Waals surface area contributed by atoms with Gasteiger partial charge in [-0.2, -0.15) is 0 Å². The van der Waals surface area contributed by atoms with Gasteiger partial charge in [0.1, 0.15) is 5.60 Å². The molecule has 0 saturated carbocycles. The molecule has 1 amide bonds. The number of hydrogen-bond acceptors (Lipinski definition) is 5. The number of aliphatic hydroxyl groups excluding tert-OH is 1. The van der Waals surface area contributed by atoms with Crippen molar-refractivity contribution in [3.63, 3.8) is 0 Å². The summed E-state index contributed by atoms with van der Waals surface area (Å²) in [7, 11) is 0. The summed E-state index contributed by atoms with van der Waals surface area (Å²) in [5, 5.41) is 12.0. The van der Waals surface area contributed by atoms with Crippen molar-refractivity contribution < 1.29 is 24.2 Å². The molecule has 6 heteroatoms. The summed E-state index contributed by atoms with van der Waals surface area (Å²) in [4.78, 5) is 23.8. The van der Waals surface area contributed by atoms with Gasteiger partial charge in [0.25, 0.3) is 0 Å². The third-order valence-corrected chi connectivity index (χ3v) is 2.45. The normalized spacial score (nSPS) is 14.1. The van der Waals surface area contributed by atoms with Crippen molar-refractivity contribution in [2.24, 2.45) is 0 Å². The minimum atomic E-state index is -1.51. The van der Waals surface area contributed by atoms with E-state index >= 15 is 0 Å². The Morgan fingerprint density at radius 2 is 1.95 bits per heavy atom. The van der Waals surface area contributed by atoms with Gasteiger partial charge in [0.05, 0.1) is 13.2 Å². The van der Waals surface area contributed by atoms with E-state index in [2.05, 4.69) is 11.9 Å². The van der Waals surface area contributed by atoms with Crippen LogP contribution in [0.1, 0.15) is 40.5 Å². The summed E-state index contributed by atoms with van der Waals surface area (Å²) >= 11 is 0. The van der Waals surface area contributed by atoms with Gasteiger partial charge in [-0.05, 0) is 40.5 Å². The van der Waals surface area contributed by atoms with Crippen molar-refractivity contribution >= 4 is 12.1 Å². The summed E-state index contributed by atoms with van der Waals surface area (Å²) < 4.78 is 10.0. The van der Waals surface area contributed by atoms with Gasteiger partial charge in [0.15, 0.2) is 5.54 Å². The van der Waals surface area contributed by atoms with Gasteiger partial charge in [0.2, 0.25) is 0 Å². The Morgan fingerprint density at radius 1 is 1.35 bits per heavy atom. The minimum absolute atomic E-state index is 0.157. The van der Waals surface area contributed by atoms with Crippen LogP contribution in [-0.2, 0) is 14.3 Å². The first-order chi connectivity index (χ1) is 9.20. The van der Waals surface area contributed by atoms with Crippen LogP contribution in [0.2, 0.25) is 0 Å². The van der Waals surface area contributed by atoms with Crippen LogP contribution < -0.4 is 5.32 Å². The summed E-state index contributed by atoms with van der Waals surface area (Å²) in [6.07, 6.45) is 1.45. The first kappa shape index (κ1) is 18.4. The lowest BCUT2D eigenvalue weighted by Gasteiger charge is -2.31. The first-order valence-corrected chi connectivity index (χ1v) is 6.61. The zero-order chi connectivity index (χ0) is 15.8.